The lowest BCUT2D eigenvalue weighted by Crippen LogP contribution is -2.38. The van der Waals surface area contributed by atoms with Crippen LogP contribution >= 0.6 is 0 Å². The Bertz CT molecular complexity index is 206. The van der Waals surface area contributed by atoms with Crippen LogP contribution in [0.25, 0.3) is 0 Å². The van der Waals surface area contributed by atoms with Gasteiger partial charge in [0.1, 0.15) is 12.6 Å². The number of Topliss-reactive ketones (excluding diaryl/α,β-unsaturated/α-hetero) is 1. The van der Waals surface area contributed by atoms with E-state index in [0.717, 1.165) is 12.8 Å². The van der Waals surface area contributed by atoms with Crippen LogP contribution in [0.15, 0.2) is 0 Å². The fraction of sp³-hybridized carbons (Fsp3) is 0.800. The molecule has 0 saturated heterocycles. The van der Waals surface area contributed by atoms with Crippen molar-refractivity contribution >= 4 is 11.8 Å². The average Bonchev–Trinajstić information content (AvgIpc) is 2.20. The zero-order valence-electron chi connectivity index (χ0n) is 9.28. The summed E-state index contributed by atoms with van der Waals surface area (Å²) in [5.41, 5.74) is 0. The number of unbranched alkanes of at least 4 members (excludes halogenated alkanes) is 1. The van der Waals surface area contributed by atoms with Crippen LogP contribution in [0, 0.1) is 0 Å². The standard InChI is InChI=1S/C10H19NO4/c1-3-4-5-8(12)6-15-7-9(11-2)10(13)14/h9,11H,3-7H2,1-2H3,(H,13,14)/t9-/m0/s1. The third-order valence-corrected chi connectivity index (χ3v) is 2.00. The molecule has 1 atom stereocenters. The zero-order valence-corrected chi connectivity index (χ0v) is 9.28. The largest absolute Gasteiger partial charge is 0.480 e. The quantitative estimate of drug-likeness (QED) is 0.586. The molecule has 0 aromatic carbocycles. The molecule has 0 aliphatic rings. The number of aliphatic carboxylic acids is 1. The first kappa shape index (κ1) is 14.1. The molecule has 0 radical (unpaired) electrons. The lowest BCUT2D eigenvalue weighted by atomic mass is 10.2. The first-order valence-electron chi connectivity index (χ1n) is 5.11. The van der Waals surface area contributed by atoms with E-state index in [1.165, 1.54) is 0 Å². The van der Waals surface area contributed by atoms with Crippen LogP contribution in [0.1, 0.15) is 26.2 Å². The molecule has 0 heterocycles. The van der Waals surface area contributed by atoms with Gasteiger partial charge in [0.05, 0.1) is 6.61 Å². The lowest BCUT2D eigenvalue weighted by Gasteiger charge is -2.10. The minimum absolute atomic E-state index is 0.00542. The average molecular weight is 217 g/mol. The van der Waals surface area contributed by atoms with E-state index in [1.807, 2.05) is 6.92 Å². The SMILES string of the molecule is CCCCC(=O)COC[C@H](NC)C(=O)O. The van der Waals surface area contributed by atoms with Crippen LogP contribution in [0.3, 0.4) is 0 Å². The van der Waals surface area contributed by atoms with Gasteiger partial charge >= 0.3 is 5.97 Å². The maximum Gasteiger partial charge on any atom is 0.323 e. The van der Waals surface area contributed by atoms with Crippen LogP contribution in [0.5, 0.6) is 0 Å². The van der Waals surface area contributed by atoms with E-state index in [0.29, 0.717) is 6.42 Å². The predicted octanol–water partition coefficient (Wildman–Crippen LogP) is 0.435. The monoisotopic (exact) mass is 217 g/mol. The Hall–Kier alpha value is -0.940. The topological polar surface area (TPSA) is 75.6 Å². The number of carboxylic acids is 1. The Kier molecular flexibility index (Phi) is 7.85. The van der Waals surface area contributed by atoms with Gasteiger partial charge in [-0.1, -0.05) is 13.3 Å². The van der Waals surface area contributed by atoms with Crippen LogP contribution < -0.4 is 5.32 Å². The molecule has 0 aromatic rings. The molecule has 0 aromatic heterocycles. The highest BCUT2D eigenvalue weighted by molar-refractivity contribution is 5.79. The van der Waals surface area contributed by atoms with Gasteiger partial charge in [0.2, 0.25) is 0 Å². The van der Waals surface area contributed by atoms with Crippen LogP contribution in [-0.2, 0) is 14.3 Å². The summed E-state index contributed by atoms with van der Waals surface area (Å²) in [5.74, 6) is -0.949. The number of rotatable bonds is 9. The summed E-state index contributed by atoms with van der Waals surface area (Å²) < 4.78 is 5.01. The second-order valence-electron chi connectivity index (χ2n) is 3.34. The Balaban J connectivity index is 3.59. The highest BCUT2D eigenvalue weighted by Gasteiger charge is 2.15. The summed E-state index contributed by atoms with van der Waals surface area (Å²) in [7, 11) is 1.54. The summed E-state index contributed by atoms with van der Waals surface area (Å²) >= 11 is 0. The van der Waals surface area contributed by atoms with Crippen molar-refractivity contribution in [3.8, 4) is 0 Å². The normalized spacial score (nSPS) is 12.4. The number of hydrogen-bond donors (Lipinski definition) is 2. The van der Waals surface area contributed by atoms with Gasteiger partial charge in [0, 0.05) is 6.42 Å². The summed E-state index contributed by atoms with van der Waals surface area (Å²) in [6, 6.07) is -0.746. The van der Waals surface area contributed by atoms with Crippen molar-refractivity contribution < 1.29 is 19.4 Å². The van der Waals surface area contributed by atoms with E-state index >= 15 is 0 Å². The van der Waals surface area contributed by atoms with Crippen molar-refractivity contribution in [2.24, 2.45) is 0 Å². The number of carbonyl (C=O) groups is 2. The van der Waals surface area contributed by atoms with Crippen molar-refractivity contribution in [1.82, 2.24) is 5.32 Å². The molecular weight excluding hydrogens is 198 g/mol. The highest BCUT2D eigenvalue weighted by Crippen LogP contribution is 1.96. The van der Waals surface area contributed by atoms with Crippen molar-refractivity contribution in [2.75, 3.05) is 20.3 Å². The lowest BCUT2D eigenvalue weighted by molar-refractivity contribution is -0.142. The number of ketones is 1. The predicted molar refractivity (Wildman–Crippen MR) is 55.8 cm³/mol. The number of carbonyl (C=O) groups excluding carboxylic acids is 1. The number of likely N-dealkylation sites (N-methyl/N-ethyl adjacent to an activating group) is 1. The minimum atomic E-state index is -0.974. The molecule has 88 valence electrons. The molecule has 0 saturated carbocycles. The Morgan fingerprint density at radius 3 is 2.60 bits per heavy atom. The molecule has 5 nitrogen and oxygen atoms in total. The second-order valence-corrected chi connectivity index (χ2v) is 3.34. The molecule has 5 heteroatoms. The highest BCUT2D eigenvalue weighted by atomic mass is 16.5. The van der Waals surface area contributed by atoms with Gasteiger partial charge < -0.3 is 15.2 Å². The van der Waals surface area contributed by atoms with Crippen molar-refractivity contribution in [2.45, 2.75) is 32.2 Å². The fourth-order valence-electron chi connectivity index (χ4n) is 1.01. The zero-order chi connectivity index (χ0) is 11.7. The van der Waals surface area contributed by atoms with Gasteiger partial charge in [0.15, 0.2) is 5.78 Å². The summed E-state index contributed by atoms with van der Waals surface area (Å²) in [5, 5.41) is 11.2. The first-order chi connectivity index (χ1) is 7.11. The summed E-state index contributed by atoms with van der Waals surface area (Å²) in [4.78, 5) is 21.7. The van der Waals surface area contributed by atoms with Crippen molar-refractivity contribution in [3.63, 3.8) is 0 Å². The molecule has 0 amide bonds. The van der Waals surface area contributed by atoms with Gasteiger partial charge in [-0.2, -0.15) is 0 Å². The molecule has 15 heavy (non-hydrogen) atoms. The number of carboxylic acid groups (broad SMARTS) is 1. The third-order valence-electron chi connectivity index (χ3n) is 2.00. The fourth-order valence-corrected chi connectivity index (χ4v) is 1.01. The van der Waals surface area contributed by atoms with E-state index < -0.39 is 12.0 Å². The second kappa shape index (κ2) is 8.38. The minimum Gasteiger partial charge on any atom is -0.480 e. The van der Waals surface area contributed by atoms with E-state index in [1.54, 1.807) is 7.05 Å². The first-order valence-corrected chi connectivity index (χ1v) is 5.11. The molecule has 0 bridgehead atoms. The molecule has 0 aliphatic carbocycles. The van der Waals surface area contributed by atoms with Crippen molar-refractivity contribution in [1.29, 1.82) is 0 Å². The Labute approximate surface area is 89.8 Å². The molecule has 0 unspecified atom stereocenters. The summed E-state index contributed by atoms with van der Waals surface area (Å²) in [6.45, 7) is 2.03. The molecule has 0 aliphatic heterocycles. The number of ether oxygens (including phenoxy) is 1. The van der Waals surface area contributed by atoms with Gasteiger partial charge in [-0.25, -0.2) is 0 Å². The third kappa shape index (κ3) is 7.04. The maximum absolute atomic E-state index is 11.1. The molecule has 0 rings (SSSR count). The molecular formula is C10H19NO4. The van der Waals surface area contributed by atoms with Gasteiger partial charge in [-0.15, -0.1) is 0 Å². The van der Waals surface area contributed by atoms with E-state index in [-0.39, 0.29) is 19.0 Å². The smallest absolute Gasteiger partial charge is 0.323 e. The number of nitrogens with one attached hydrogen (secondary N) is 1. The van der Waals surface area contributed by atoms with Gasteiger partial charge in [0.25, 0.3) is 0 Å². The maximum atomic E-state index is 11.1. The molecule has 0 spiro atoms. The summed E-state index contributed by atoms with van der Waals surface area (Å²) in [6.07, 6.45) is 2.34. The van der Waals surface area contributed by atoms with Crippen molar-refractivity contribution in [3.05, 3.63) is 0 Å². The van der Waals surface area contributed by atoms with E-state index in [9.17, 15) is 9.59 Å². The van der Waals surface area contributed by atoms with Gasteiger partial charge in [-0.3, -0.25) is 9.59 Å². The van der Waals surface area contributed by atoms with Crippen LogP contribution in [0.4, 0.5) is 0 Å². The number of hydrogen-bond acceptors (Lipinski definition) is 4. The van der Waals surface area contributed by atoms with E-state index in [2.05, 4.69) is 5.32 Å². The molecule has 0 fully saturated rings. The van der Waals surface area contributed by atoms with Crippen LogP contribution in [0.2, 0.25) is 0 Å². The van der Waals surface area contributed by atoms with Gasteiger partial charge in [-0.05, 0) is 13.5 Å². The Morgan fingerprint density at radius 1 is 1.47 bits per heavy atom. The van der Waals surface area contributed by atoms with E-state index in [4.69, 9.17) is 9.84 Å². The molecule has 2 N–H and O–H groups in total. The van der Waals surface area contributed by atoms with Crippen LogP contribution in [-0.4, -0.2) is 43.2 Å². The Morgan fingerprint density at radius 2 is 2.13 bits per heavy atom.